The third-order valence-electron chi connectivity index (χ3n) is 6.02. The lowest BCUT2D eigenvalue weighted by molar-refractivity contribution is 0.0107. The van der Waals surface area contributed by atoms with Crippen molar-refractivity contribution in [2.24, 2.45) is 0 Å². The number of hydrogen-bond acceptors (Lipinski definition) is 5. The second-order valence-corrected chi connectivity index (χ2v) is 8.13. The molecule has 0 spiro atoms. The molecule has 1 aliphatic rings. The molecule has 174 valence electrons. The van der Waals surface area contributed by atoms with Gasteiger partial charge in [-0.3, -0.25) is 9.20 Å². The Balaban J connectivity index is 1.43. The predicted octanol–water partition coefficient (Wildman–Crippen LogP) is 3.38. The molecule has 3 atom stereocenters. The van der Waals surface area contributed by atoms with Crippen LogP contribution in [0.4, 0.5) is 8.78 Å². The van der Waals surface area contributed by atoms with Crippen molar-refractivity contribution in [3.63, 3.8) is 0 Å². The first-order valence-electron chi connectivity index (χ1n) is 10.7. The Morgan fingerprint density at radius 2 is 1.85 bits per heavy atom. The Kier molecular flexibility index (Phi) is 5.51. The summed E-state index contributed by atoms with van der Waals surface area (Å²) in [6.45, 7) is 1.44. The highest BCUT2D eigenvalue weighted by molar-refractivity contribution is 5.95. The molecule has 1 aliphatic carbocycles. The van der Waals surface area contributed by atoms with E-state index in [1.165, 1.54) is 16.5 Å². The summed E-state index contributed by atoms with van der Waals surface area (Å²) in [5.41, 5.74) is 2.22. The van der Waals surface area contributed by atoms with Crippen molar-refractivity contribution in [1.82, 2.24) is 14.7 Å². The molecule has 4 aromatic rings. The van der Waals surface area contributed by atoms with Crippen LogP contribution < -0.4 is 10.1 Å². The Morgan fingerprint density at radius 3 is 2.65 bits per heavy atom. The van der Waals surface area contributed by atoms with Crippen LogP contribution in [0, 0.1) is 18.6 Å². The Bertz CT molecular complexity index is 1400. The number of rotatable bonds is 5. The van der Waals surface area contributed by atoms with Crippen LogP contribution in [0.5, 0.6) is 5.75 Å². The molecular weight excluding hydrogens is 444 g/mol. The van der Waals surface area contributed by atoms with E-state index in [1.807, 2.05) is 0 Å². The first-order valence-corrected chi connectivity index (χ1v) is 10.7. The van der Waals surface area contributed by atoms with E-state index in [0.717, 1.165) is 6.07 Å². The minimum absolute atomic E-state index is 0.0516. The molecule has 0 saturated carbocycles. The van der Waals surface area contributed by atoms with Crippen LogP contribution in [-0.4, -0.2) is 31.6 Å². The van der Waals surface area contributed by atoms with E-state index in [-0.39, 0.29) is 23.6 Å². The second-order valence-electron chi connectivity index (χ2n) is 8.13. The summed E-state index contributed by atoms with van der Waals surface area (Å²) in [4.78, 5) is 17.7. The van der Waals surface area contributed by atoms with Crippen LogP contribution in [0.25, 0.3) is 5.65 Å². The van der Waals surface area contributed by atoms with Gasteiger partial charge in [0.2, 0.25) is 0 Å². The second kappa shape index (κ2) is 8.51. The van der Waals surface area contributed by atoms with Gasteiger partial charge in [0.15, 0.2) is 23.0 Å². The summed E-state index contributed by atoms with van der Waals surface area (Å²) >= 11 is 0. The van der Waals surface area contributed by atoms with Crippen LogP contribution in [0.2, 0.25) is 0 Å². The fourth-order valence-corrected chi connectivity index (χ4v) is 4.34. The molecule has 1 amide bonds. The minimum Gasteiger partial charge on any atom is -0.485 e. The fraction of sp³-hybridized carbons (Fsp3) is 0.200. The number of ether oxygens (including phenoxy) is 1. The van der Waals surface area contributed by atoms with E-state index in [1.54, 1.807) is 49.5 Å². The van der Waals surface area contributed by atoms with Crippen molar-refractivity contribution in [3.8, 4) is 5.75 Å². The number of hydrogen-bond donors (Lipinski definition) is 3. The number of aliphatic hydroxyl groups excluding tert-OH is 2. The fourth-order valence-electron chi connectivity index (χ4n) is 4.34. The minimum atomic E-state index is -1.19. The molecule has 2 aromatic heterocycles. The highest BCUT2D eigenvalue weighted by atomic mass is 19.2. The number of amides is 1. The number of benzene rings is 2. The number of carbonyl (C=O) groups excluding carboxylic acids is 1. The molecule has 5 rings (SSSR count). The summed E-state index contributed by atoms with van der Waals surface area (Å²) in [6, 6.07) is 13.3. The zero-order valence-corrected chi connectivity index (χ0v) is 18.1. The average molecular weight is 465 g/mol. The molecule has 9 heteroatoms. The highest BCUT2D eigenvalue weighted by Gasteiger charge is 2.39. The largest absolute Gasteiger partial charge is 0.485 e. The average Bonchev–Trinajstić information content (AvgIpc) is 3.29. The van der Waals surface area contributed by atoms with Crippen LogP contribution >= 0.6 is 0 Å². The van der Waals surface area contributed by atoms with E-state index in [4.69, 9.17) is 4.74 Å². The highest BCUT2D eigenvalue weighted by Crippen LogP contribution is 2.39. The molecular formula is C25H21F2N3O4. The zero-order valence-electron chi connectivity index (χ0n) is 18.1. The zero-order chi connectivity index (χ0) is 24.0. The number of aliphatic hydroxyl groups is 2. The lowest BCUT2D eigenvalue weighted by Crippen LogP contribution is -2.35. The maximum atomic E-state index is 14.0. The normalized spacial score (nSPS) is 19.3. The van der Waals surface area contributed by atoms with Crippen molar-refractivity contribution in [1.29, 1.82) is 0 Å². The molecule has 34 heavy (non-hydrogen) atoms. The molecule has 0 radical (unpaired) electrons. The predicted molar refractivity (Wildman–Crippen MR) is 118 cm³/mol. The standard InChI is InChI=1S/C25H21F2N3O4/c1-13-21(25(33)29-20-15-7-2-3-8-16(15)22(31)23(20)32)30-11-5-10-18(24(30)28-13)34-12-14-6-4-9-17(26)19(14)27/h2-11,20,22-23,31-32H,12H2,1H3,(H,29,33)/t20-,22+,23+/m1/s1. The summed E-state index contributed by atoms with van der Waals surface area (Å²) in [6.07, 6.45) is -0.665. The van der Waals surface area contributed by atoms with Gasteiger partial charge in [-0.15, -0.1) is 0 Å². The van der Waals surface area contributed by atoms with E-state index >= 15 is 0 Å². The first-order chi connectivity index (χ1) is 16.4. The van der Waals surface area contributed by atoms with Gasteiger partial charge in [-0.2, -0.15) is 0 Å². The number of fused-ring (bicyclic) bond motifs is 2. The lowest BCUT2D eigenvalue weighted by Gasteiger charge is -2.19. The number of aromatic nitrogens is 2. The number of carbonyl (C=O) groups is 1. The molecule has 0 bridgehead atoms. The van der Waals surface area contributed by atoms with Gasteiger partial charge in [0, 0.05) is 11.8 Å². The van der Waals surface area contributed by atoms with Gasteiger partial charge >= 0.3 is 0 Å². The topological polar surface area (TPSA) is 96.1 Å². The van der Waals surface area contributed by atoms with Gasteiger partial charge in [-0.1, -0.05) is 36.4 Å². The van der Waals surface area contributed by atoms with Crippen molar-refractivity contribution in [2.45, 2.75) is 31.8 Å². The van der Waals surface area contributed by atoms with Crippen LogP contribution in [0.15, 0.2) is 60.8 Å². The number of halogens is 2. The van der Waals surface area contributed by atoms with Gasteiger partial charge in [0.25, 0.3) is 5.91 Å². The summed E-state index contributed by atoms with van der Waals surface area (Å²) in [5, 5.41) is 23.6. The monoisotopic (exact) mass is 465 g/mol. The van der Waals surface area contributed by atoms with Crippen LogP contribution in [0.1, 0.15) is 45.0 Å². The number of aryl methyl sites for hydroxylation is 1. The SMILES string of the molecule is Cc1nc2c(OCc3cccc(F)c3F)cccn2c1C(=O)N[C@@H]1c2ccccc2[C@H](O)[C@H]1O. The number of nitrogens with one attached hydrogen (secondary N) is 1. The van der Waals surface area contributed by atoms with Gasteiger partial charge < -0.3 is 20.3 Å². The van der Waals surface area contributed by atoms with E-state index in [9.17, 15) is 23.8 Å². The number of nitrogens with zero attached hydrogens (tertiary/aromatic N) is 2. The molecule has 2 heterocycles. The van der Waals surface area contributed by atoms with Crippen molar-refractivity contribution < 1.29 is 28.5 Å². The smallest absolute Gasteiger partial charge is 0.270 e. The van der Waals surface area contributed by atoms with Crippen LogP contribution in [-0.2, 0) is 6.61 Å². The van der Waals surface area contributed by atoms with Gasteiger partial charge in [0.05, 0.1) is 11.7 Å². The van der Waals surface area contributed by atoms with Crippen molar-refractivity contribution in [2.75, 3.05) is 0 Å². The Morgan fingerprint density at radius 1 is 1.09 bits per heavy atom. The summed E-state index contributed by atoms with van der Waals surface area (Å²) < 4.78 is 34.7. The Labute approximate surface area is 193 Å². The molecule has 0 unspecified atom stereocenters. The van der Waals surface area contributed by atoms with E-state index in [2.05, 4.69) is 10.3 Å². The Hall–Kier alpha value is -3.82. The van der Waals surface area contributed by atoms with Gasteiger partial charge in [-0.25, -0.2) is 13.8 Å². The van der Waals surface area contributed by atoms with Gasteiger partial charge in [0.1, 0.15) is 24.5 Å². The molecule has 2 aromatic carbocycles. The maximum absolute atomic E-state index is 14.0. The van der Waals surface area contributed by atoms with E-state index < -0.39 is 35.8 Å². The van der Waals surface area contributed by atoms with Crippen molar-refractivity contribution >= 4 is 11.6 Å². The summed E-state index contributed by atoms with van der Waals surface area (Å²) in [5.74, 6) is -2.15. The number of pyridine rings is 1. The van der Waals surface area contributed by atoms with Crippen LogP contribution in [0.3, 0.4) is 0 Å². The third kappa shape index (κ3) is 3.59. The van der Waals surface area contributed by atoms with E-state index in [0.29, 0.717) is 22.5 Å². The summed E-state index contributed by atoms with van der Waals surface area (Å²) in [7, 11) is 0. The molecule has 7 nitrogen and oxygen atoms in total. The lowest BCUT2D eigenvalue weighted by atomic mass is 10.1. The third-order valence-corrected chi connectivity index (χ3v) is 6.02. The van der Waals surface area contributed by atoms with Crippen molar-refractivity contribution in [3.05, 3.63) is 101 Å². The maximum Gasteiger partial charge on any atom is 0.270 e. The first kappa shape index (κ1) is 22.0. The molecule has 3 N–H and O–H groups in total. The molecule has 0 fully saturated rings. The van der Waals surface area contributed by atoms with Gasteiger partial charge in [-0.05, 0) is 36.2 Å². The quantitative estimate of drug-likeness (QED) is 0.420. The number of imidazole rings is 1. The molecule has 0 saturated heterocycles. The molecule has 0 aliphatic heterocycles.